The van der Waals surface area contributed by atoms with Gasteiger partial charge in [-0.15, -0.1) is 11.8 Å². The predicted molar refractivity (Wildman–Crippen MR) is 77.5 cm³/mol. The van der Waals surface area contributed by atoms with E-state index in [-0.39, 0.29) is 5.91 Å². The van der Waals surface area contributed by atoms with E-state index in [1.54, 1.807) is 7.05 Å². The van der Waals surface area contributed by atoms with E-state index in [9.17, 15) is 4.79 Å². The van der Waals surface area contributed by atoms with Gasteiger partial charge in [0, 0.05) is 17.5 Å². The molecule has 6 nitrogen and oxygen atoms in total. The third kappa shape index (κ3) is 2.57. The second kappa shape index (κ2) is 5.77. The van der Waals surface area contributed by atoms with Crippen molar-refractivity contribution in [3.63, 3.8) is 0 Å². The SMILES string of the molecule is CCSC1=NC(N=[N+]=[N-])C(=O)N(C)c2ccccc21. The number of rotatable bonds is 2. The number of azide groups is 1. The highest BCUT2D eigenvalue weighted by Crippen LogP contribution is 2.29. The smallest absolute Gasteiger partial charge is 0.257 e. The summed E-state index contributed by atoms with van der Waals surface area (Å²) >= 11 is 1.53. The van der Waals surface area contributed by atoms with Crippen molar-refractivity contribution in [1.82, 2.24) is 0 Å². The summed E-state index contributed by atoms with van der Waals surface area (Å²) in [5.74, 6) is 0.505. The Hall–Kier alpha value is -1.98. The Morgan fingerprint density at radius 1 is 1.53 bits per heavy atom. The maximum absolute atomic E-state index is 12.2. The van der Waals surface area contributed by atoms with Crippen LogP contribution < -0.4 is 4.90 Å². The van der Waals surface area contributed by atoms with Gasteiger partial charge in [0.05, 0.1) is 5.69 Å². The molecule has 1 aliphatic heterocycles. The number of carbonyl (C=O) groups excluding carboxylic acids is 1. The highest BCUT2D eigenvalue weighted by Gasteiger charge is 2.28. The summed E-state index contributed by atoms with van der Waals surface area (Å²) in [6.07, 6.45) is -1.03. The molecule has 0 saturated heterocycles. The Balaban J connectivity index is 2.59. The summed E-state index contributed by atoms with van der Waals surface area (Å²) in [4.78, 5) is 20.7. The Labute approximate surface area is 115 Å². The van der Waals surface area contributed by atoms with E-state index in [2.05, 4.69) is 15.0 Å². The minimum atomic E-state index is -1.03. The number of anilines is 1. The van der Waals surface area contributed by atoms with Crippen LogP contribution in [-0.2, 0) is 4.79 Å². The van der Waals surface area contributed by atoms with Crippen LogP contribution in [0.2, 0.25) is 0 Å². The van der Waals surface area contributed by atoms with Crippen LogP contribution in [0, 0.1) is 0 Å². The number of likely N-dealkylation sites (N-methyl/N-ethyl adjacent to an activating group) is 1. The number of hydrogen-bond donors (Lipinski definition) is 0. The monoisotopic (exact) mass is 275 g/mol. The second-order valence-electron chi connectivity index (χ2n) is 3.86. The van der Waals surface area contributed by atoms with Crippen LogP contribution >= 0.6 is 11.8 Å². The van der Waals surface area contributed by atoms with Gasteiger partial charge in [0.15, 0.2) is 0 Å². The Morgan fingerprint density at radius 2 is 2.26 bits per heavy atom. The molecule has 0 N–H and O–H groups in total. The van der Waals surface area contributed by atoms with Gasteiger partial charge in [-0.05, 0) is 17.4 Å². The van der Waals surface area contributed by atoms with Gasteiger partial charge >= 0.3 is 0 Å². The van der Waals surface area contributed by atoms with Crippen molar-refractivity contribution in [1.29, 1.82) is 0 Å². The molecule has 0 aromatic heterocycles. The van der Waals surface area contributed by atoms with Crippen LogP contribution in [0.25, 0.3) is 10.4 Å². The van der Waals surface area contributed by atoms with Crippen molar-refractivity contribution < 1.29 is 4.79 Å². The number of thioether (sulfide) groups is 1. The van der Waals surface area contributed by atoms with Crippen molar-refractivity contribution in [3.05, 3.63) is 40.3 Å². The first kappa shape index (κ1) is 13.5. The molecule has 1 unspecified atom stereocenters. The third-order valence-corrected chi connectivity index (χ3v) is 3.62. The summed E-state index contributed by atoms with van der Waals surface area (Å²) in [7, 11) is 1.66. The molecule has 0 bridgehead atoms. The minimum Gasteiger partial charge on any atom is -0.313 e. The van der Waals surface area contributed by atoms with E-state index >= 15 is 0 Å². The Bertz CT molecular complexity index is 579. The molecule has 98 valence electrons. The van der Waals surface area contributed by atoms with Crippen molar-refractivity contribution in [2.45, 2.75) is 13.1 Å². The first-order valence-corrected chi connectivity index (χ1v) is 6.79. The summed E-state index contributed by atoms with van der Waals surface area (Å²) in [5, 5.41) is 4.21. The number of amides is 1. The van der Waals surface area contributed by atoms with Crippen molar-refractivity contribution in [3.8, 4) is 0 Å². The summed E-state index contributed by atoms with van der Waals surface area (Å²) in [6.45, 7) is 2.01. The molecule has 7 heteroatoms. The van der Waals surface area contributed by atoms with E-state index in [1.807, 2.05) is 31.2 Å². The topological polar surface area (TPSA) is 81.4 Å². The fraction of sp³-hybridized carbons (Fsp3) is 0.333. The maximum Gasteiger partial charge on any atom is 0.257 e. The number of para-hydroxylation sites is 1. The van der Waals surface area contributed by atoms with E-state index in [1.165, 1.54) is 16.7 Å². The number of benzene rings is 1. The molecular formula is C12H13N5OS. The lowest BCUT2D eigenvalue weighted by Crippen LogP contribution is -2.33. The zero-order valence-electron chi connectivity index (χ0n) is 10.6. The van der Waals surface area contributed by atoms with Gasteiger partial charge in [-0.1, -0.05) is 30.2 Å². The van der Waals surface area contributed by atoms with Crippen LogP contribution in [0.5, 0.6) is 0 Å². The number of carbonyl (C=O) groups is 1. The zero-order chi connectivity index (χ0) is 13.8. The minimum absolute atomic E-state index is 0.322. The number of aliphatic imine (C=N–C) groups is 1. The zero-order valence-corrected chi connectivity index (χ0v) is 11.5. The molecule has 19 heavy (non-hydrogen) atoms. The van der Waals surface area contributed by atoms with Crippen LogP contribution in [0.1, 0.15) is 12.5 Å². The molecule has 1 aromatic rings. The highest BCUT2D eigenvalue weighted by atomic mass is 32.2. The van der Waals surface area contributed by atoms with Gasteiger partial charge in [-0.25, -0.2) is 0 Å². The molecule has 1 aliphatic rings. The van der Waals surface area contributed by atoms with E-state index in [0.29, 0.717) is 0 Å². The van der Waals surface area contributed by atoms with Gasteiger partial charge in [0.25, 0.3) is 5.91 Å². The molecule has 1 amide bonds. The molecular weight excluding hydrogens is 262 g/mol. The first-order chi connectivity index (χ1) is 9.19. The van der Waals surface area contributed by atoms with Crippen LogP contribution in [-0.4, -0.2) is 29.9 Å². The molecule has 0 saturated carbocycles. The van der Waals surface area contributed by atoms with E-state index in [4.69, 9.17) is 5.53 Å². The number of benzodiazepines with no additional fused rings is 1. The molecule has 0 aliphatic carbocycles. The molecule has 0 spiro atoms. The normalized spacial score (nSPS) is 18.2. The fourth-order valence-electron chi connectivity index (χ4n) is 1.85. The Morgan fingerprint density at radius 3 is 2.95 bits per heavy atom. The van der Waals surface area contributed by atoms with Gasteiger partial charge in [0.2, 0.25) is 6.17 Å². The molecule has 1 aromatic carbocycles. The quantitative estimate of drug-likeness (QED) is 0.472. The summed E-state index contributed by atoms with van der Waals surface area (Å²) < 4.78 is 0. The summed E-state index contributed by atoms with van der Waals surface area (Å²) in [5.41, 5.74) is 10.2. The van der Waals surface area contributed by atoms with Crippen LogP contribution in [0.15, 0.2) is 34.4 Å². The lowest BCUT2D eigenvalue weighted by molar-refractivity contribution is -0.119. The lowest BCUT2D eigenvalue weighted by atomic mass is 10.2. The van der Waals surface area contributed by atoms with Gasteiger partial charge in [0.1, 0.15) is 5.04 Å². The first-order valence-electron chi connectivity index (χ1n) is 5.80. The highest BCUT2D eigenvalue weighted by molar-refractivity contribution is 8.14. The van der Waals surface area contributed by atoms with Crippen molar-refractivity contribution in [2.24, 2.45) is 10.1 Å². The molecule has 2 rings (SSSR count). The van der Waals surface area contributed by atoms with Gasteiger partial charge in [-0.2, -0.15) is 0 Å². The largest absolute Gasteiger partial charge is 0.313 e. The molecule has 0 fully saturated rings. The summed E-state index contributed by atoms with van der Waals surface area (Å²) in [6, 6.07) is 7.54. The van der Waals surface area contributed by atoms with Crippen LogP contribution in [0.3, 0.4) is 0 Å². The standard InChI is InChI=1S/C12H13N5OS/c1-3-19-11-8-6-4-5-7-9(8)17(2)12(18)10(14-11)15-16-13/h4-7,10H,3H2,1-2H3. The number of fused-ring (bicyclic) bond motifs is 1. The second-order valence-corrected chi connectivity index (χ2v) is 5.11. The van der Waals surface area contributed by atoms with E-state index in [0.717, 1.165) is 22.0 Å². The fourth-order valence-corrected chi connectivity index (χ4v) is 2.63. The maximum atomic E-state index is 12.2. The van der Waals surface area contributed by atoms with Crippen molar-refractivity contribution >= 4 is 28.4 Å². The molecule has 1 atom stereocenters. The van der Waals surface area contributed by atoms with Crippen molar-refractivity contribution in [2.75, 3.05) is 17.7 Å². The van der Waals surface area contributed by atoms with Crippen LogP contribution in [0.4, 0.5) is 5.69 Å². The number of hydrogen-bond acceptors (Lipinski definition) is 4. The van der Waals surface area contributed by atoms with E-state index < -0.39 is 6.17 Å². The third-order valence-electron chi connectivity index (χ3n) is 2.73. The number of nitrogens with zero attached hydrogens (tertiary/aromatic N) is 5. The average Bonchev–Trinajstić information content (AvgIpc) is 2.52. The molecule has 1 heterocycles. The molecule has 0 radical (unpaired) electrons. The van der Waals surface area contributed by atoms with Gasteiger partial charge < -0.3 is 4.90 Å². The average molecular weight is 275 g/mol. The van der Waals surface area contributed by atoms with Gasteiger partial charge in [-0.3, -0.25) is 9.79 Å². The Kier molecular flexibility index (Phi) is 4.09. The lowest BCUT2D eigenvalue weighted by Gasteiger charge is -2.18. The predicted octanol–water partition coefficient (Wildman–Crippen LogP) is 2.80.